The van der Waals surface area contributed by atoms with Gasteiger partial charge in [-0.05, 0) is 92.7 Å². The molecule has 2 heterocycles. The molecule has 0 aromatic heterocycles. The number of fused-ring (bicyclic) bond motifs is 2. The van der Waals surface area contributed by atoms with Gasteiger partial charge in [0.2, 0.25) is 5.69 Å². The second-order valence-corrected chi connectivity index (χ2v) is 19.9. The molecule has 60 heavy (non-hydrogen) atoms. The number of ketones is 2. The smallest absolute Gasteiger partial charge is 0.294 e. The maximum absolute atomic E-state index is 13.2. The summed E-state index contributed by atoms with van der Waals surface area (Å²) in [7, 11) is -8.74. The molecular formula is C48H59N2O8S2+. The number of carbonyl (C=O) groups is 2. The largest absolute Gasteiger partial charge is 0.344 e. The molecule has 2 aliphatic heterocycles. The predicted octanol–water partition coefficient (Wildman–Crippen LogP) is 9.99. The molecule has 0 spiro atoms. The molecule has 2 N–H and O–H groups in total. The second-order valence-electron chi connectivity index (χ2n) is 16.9. The van der Waals surface area contributed by atoms with E-state index in [9.17, 15) is 35.5 Å². The van der Waals surface area contributed by atoms with E-state index in [-0.39, 0.29) is 34.8 Å². The van der Waals surface area contributed by atoms with Gasteiger partial charge in [-0.25, -0.2) is 0 Å². The van der Waals surface area contributed by atoms with Crippen molar-refractivity contribution < 1.29 is 40.1 Å². The number of hydrogen-bond acceptors (Lipinski definition) is 7. The van der Waals surface area contributed by atoms with Crippen molar-refractivity contribution in [1.29, 1.82) is 0 Å². The number of unbranched alkanes of at least 4 members (excludes halogenated alkanes) is 3. The van der Waals surface area contributed by atoms with Crippen molar-refractivity contribution in [3.63, 3.8) is 0 Å². The normalized spacial score (nSPS) is 16.8. The van der Waals surface area contributed by atoms with E-state index in [0.29, 0.717) is 48.1 Å². The third-order valence-corrected chi connectivity index (χ3v) is 13.3. The summed E-state index contributed by atoms with van der Waals surface area (Å²) in [5, 5.41) is 0. The van der Waals surface area contributed by atoms with Crippen LogP contribution in [0, 0.1) is 0 Å². The maximum Gasteiger partial charge on any atom is 0.294 e. The van der Waals surface area contributed by atoms with E-state index in [1.54, 1.807) is 13.0 Å². The average Bonchev–Trinajstić information content (AvgIpc) is 3.53. The number of para-hydroxylation sites is 1. The minimum atomic E-state index is -4.50. The van der Waals surface area contributed by atoms with E-state index in [1.807, 2.05) is 55.2 Å². The summed E-state index contributed by atoms with van der Waals surface area (Å²) in [5.74, 6) is -0.376. The fourth-order valence-electron chi connectivity index (χ4n) is 8.20. The SMILES string of the molecule is C=C(C)C(=O)CCCCCC(=O)c1ccc(C(=C\C=C2/N(CCCS(=O)(=O)O)c3ccc(S(=O)(=O)O)cc3C2(C)C)/C=C/C2=[N+](CCCC)c3ccccc3C2(C)C)cc1. The highest BCUT2D eigenvalue weighted by atomic mass is 32.2. The zero-order valence-electron chi connectivity index (χ0n) is 35.7. The Morgan fingerprint density at radius 3 is 2.13 bits per heavy atom. The quantitative estimate of drug-likeness (QED) is 0.0283. The van der Waals surface area contributed by atoms with Crippen LogP contribution < -0.4 is 4.90 Å². The van der Waals surface area contributed by atoms with Crippen LogP contribution in [0.2, 0.25) is 0 Å². The lowest BCUT2D eigenvalue weighted by atomic mass is 9.81. The predicted molar refractivity (Wildman–Crippen MR) is 241 cm³/mol. The molecule has 0 amide bonds. The van der Waals surface area contributed by atoms with Gasteiger partial charge < -0.3 is 4.90 Å². The van der Waals surface area contributed by atoms with Crippen LogP contribution in [-0.2, 0) is 35.9 Å². The standard InChI is InChI=1S/C48H58N2O8S2/c1-8-9-30-49-41-17-14-13-16-39(41)47(4,5)45(49)28-24-36(35-20-22-37(23-21-35)44(52)19-12-10-11-18-43(51)34(2)3)25-29-46-48(6,7)40-33-38(60(56,57)58)26-27-42(40)50(46)31-15-32-59(53,54)55/h13-14,16-17,20-29,33H,2,8-12,15,18-19,30-32H2,1,3-7H3,(H-,53,54,55,56,57,58)/p+1. The van der Waals surface area contributed by atoms with Crippen LogP contribution in [0.3, 0.4) is 0 Å². The van der Waals surface area contributed by atoms with Gasteiger partial charge in [0, 0.05) is 65.9 Å². The van der Waals surface area contributed by atoms with Crippen LogP contribution in [0.25, 0.3) is 5.57 Å². The Bertz CT molecular complexity index is 2490. The third-order valence-electron chi connectivity index (χ3n) is 11.6. The molecule has 0 bridgehead atoms. The monoisotopic (exact) mass is 855 g/mol. The highest BCUT2D eigenvalue weighted by Crippen LogP contribution is 2.49. The van der Waals surface area contributed by atoms with Crippen LogP contribution in [0.15, 0.2) is 114 Å². The Morgan fingerprint density at radius 1 is 0.817 bits per heavy atom. The van der Waals surface area contributed by atoms with Crippen LogP contribution in [0.5, 0.6) is 0 Å². The fourth-order valence-corrected chi connectivity index (χ4v) is 9.20. The molecule has 12 heteroatoms. The molecule has 0 radical (unpaired) electrons. The number of anilines is 1. The molecule has 0 fully saturated rings. The van der Waals surface area contributed by atoms with E-state index in [2.05, 4.69) is 68.3 Å². The van der Waals surface area contributed by atoms with Crippen LogP contribution in [0.1, 0.15) is 120 Å². The minimum Gasteiger partial charge on any atom is -0.344 e. The van der Waals surface area contributed by atoms with Crippen molar-refractivity contribution in [3.05, 3.63) is 131 Å². The summed E-state index contributed by atoms with van der Waals surface area (Å²) in [6, 6.07) is 20.4. The zero-order chi connectivity index (χ0) is 44.0. The van der Waals surface area contributed by atoms with Gasteiger partial charge in [0.15, 0.2) is 17.3 Å². The van der Waals surface area contributed by atoms with Gasteiger partial charge in [-0.2, -0.15) is 21.4 Å². The van der Waals surface area contributed by atoms with Gasteiger partial charge in [0.1, 0.15) is 6.54 Å². The average molecular weight is 856 g/mol. The number of allylic oxidation sites excluding steroid dienone is 7. The first kappa shape index (κ1) is 46.3. The molecule has 5 rings (SSSR count). The molecule has 0 saturated carbocycles. The van der Waals surface area contributed by atoms with E-state index in [0.717, 1.165) is 48.4 Å². The van der Waals surface area contributed by atoms with E-state index in [4.69, 9.17) is 0 Å². The Kier molecular flexibility index (Phi) is 14.6. The summed E-state index contributed by atoms with van der Waals surface area (Å²) < 4.78 is 69.7. The molecule has 0 atom stereocenters. The zero-order valence-corrected chi connectivity index (χ0v) is 37.3. The second kappa shape index (κ2) is 18.9. The van der Waals surface area contributed by atoms with E-state index in [1.165, 1.54) is 23.4 Å². The number of carbonyl (C=O) groups excluding carboxylic acids is 2. The van der Waals surface area contributed by atoms with Crippen molar-refractivity contribution in [3.8, 4) is 0 Å². The van der Waals surface area contributed by atoms with E-state index < -0.39 is 31.4 Å². The molecule has 0 unspecified atom stereocenters. The molecular weight excluding hydrogens is 797 g/mol. The molecule has 2 aliphatic rings. The van der Waals surface area contributed by atoms with Crippen molar-refractivity contribution >= 4 is 54.5 Å². The molecule has 3 aromatic carbocycles. The van der Waals surface area contributed by atoms with Gasteiger partial charge in [-0.1, -0.05) is 88.7 Å². The minimum absolute atomic E-state index is 0.0267. The van der Waals surface area contributed by atoms with Crippen molar-refractivity contribution in [2.24, 2.45) is 0 Å². The summed E-state index contributed by atoms with van der Waals surface area (Å²) in [5.41, 5.74) is 7.39. The summed E-state index contributed by atoms with van der Waals surface area (Å²) in [6.07, 6.45) is 13.3. The first-order valence-corrected chi connectivity index (χ1v) is 23.7. The molecule has 10 nitrogen and oxygen atoms in total. The van der Waals surface area contributed by atoms with Gasteiger partial charge in [0.25, 0.3) is 20.2 Å². The van der Waals surface area contributed by atoms with Crippen molar-refractivity contribution in [1.82, 2.24) is 0 Å². The Hall–Kier alpha value is -4.75. The Morgan fingerprint density at radius 2 is 1.48 bits per heavy atom. The highest BCUT2D eigenvalue weighted by molar-refractivity contribution is 7.86. The number of benzene rings is 3. The molecule has 320 valence electrons. The van der Waals surface area contributed by atoms with Gasteiger partial charge in [0.05, 0.1) is 16.1 Å². The molecule has 0 saturated heterocycles. The summed E-state index contributed by atoms with van der Waals surface area (Å²) >= 11 is 0. The lowest BCUT2D eigenvalue weighted by Gasteiger charge is -2.27. The van der Waals surface area contributed by atoms with Crippen LogP contribution in [-0.4, -0.2) is 66.6 Å². The third kappa shape index (κ3) is 10.8. The summed E-state index contributed by atoms with van der Waals surface area (Å²) in [6.45, 7) is 17.0. The number of Topliss-reactive ketones (excluding diaryl/α,β-unsaturated/α-hetero) is 2. The molecule has 0 aliphatic carbocycles. The molecule has 3 aromatic rings. The van der Waals surface area contributed by atoms with Gasteiger partial charge in [-0.3, -0.25) is 18.7 Å². The number of nitrogens with zero attached hydrogens (tertiary/aromatic N) is 2. The number of hydrogen-bond donors (Lipinski definition) is 2. The van der Waals surface area contributed by atoms with E-state index >= 15 is 0 Å². The maximum atomic E-state index is 13.2. The summed E-state index contributed by atoms with van der Waals surface area (Å²) in [4.78, 5) is 26.8. The number of rotatable bonds is 20. The first-order chi connectivity index (χ1) is 28.2. The van der Waals surface area contributed by atoms with Crippen LogP contribution >= 0.6 is 0 Å². The highest BCUT2D eigenvalue weighted by Gasteiger charge is 2.44. The Labute approximate surface area is 356 Å². The lowest BCUT2D eigenvalue weighted by Crippen LogP contribution is -2.28. The van der Waals surface area contributed by atoms with Crippen molar-refractivity contribution in [2.45, 2.75) is 109 Å². The van der Waals surface area contributed by atoms with Crippen molar-refractivity contribution in [2.75, 3.05) is 23.7 Å². The van der Waals surface area contributed by atoms with Gasteiger partial charge in [-0.15, -0.1) is 0 Å². The lowest BCUT2D eigenvalue weighted by molar-refractivity contribution is -0.438. The fraction of sp³-hybridized carbons (Fsp3) is 0.396. The van der Waals surface area contributed by atoms with Crippen LogP contribution in [0.4, 0.5) is 11.4 Å². The first-order valence-electron chi connectivity index (χ1n) is 20.7. The van der Waals surface area contributed by atoms with Gasteiger partial charge >= 0.3 is 0 Å². The topological polar surface area (TPSA) is 149 Å². The Balaban J connectivity index is 1.57.